The lowest BCUT2D eigenvalue weighted by Crippen LogP contribution is -2.25. The molecular weight excluding hydrogens is 238 g/mol. The largest absolute Gasteiger partial charge is 0.493 e. The zero-order valence-corrected chi connectivity index (χ0v) is 13.2. The quantitative estimate of drug-likeness (QED) is 0.859. The Labute approximate surface area is 117 Å². The van der Waals surface area contributed by atoms with E-state index in [1.165, 1.54) is 0 Å². The van der Waals surface area contributed by atoms with E-state index in [0.717, 1.165) is 30.8 Å². The van der Waals surface area contributed by atoms with Crippen LogP contribution in [0.25, 0.3) is 0 Å². The first kappa shape index (κ1) is 16.0. The van der Waals surface area contributed by atoms with Gasteiger partial charge in [0.2, 0.25) is 0 Å². The number of nitrogens with two attached hydrogens (primary N) is 1. The molecule has 1 aromatic heterocycles. The van der Waals surface area contributed by atoms with Crippen molar-refractivity contribution in [2.24, 2.45) is 17.1 Å². The standard InChI is InChI=1S/C15H29N3O/c1-7-8-18-14(13(19-6)10-17-18)12(16)9-11(2)15(3,4)5/h10-12H,7-9,16H2,1-6H3. The third-order valence-electron chi connectivity index (χ3n) is 3.94. The van der Waals surface area contributed by atoms with Gasteiger partial charge in [-0.1, -0.05) is 34.6 Å². The van der Waals surface area contributed by atoms with Crippen molar-refractivity contribution in [2.75, 3.05) is 7.11 Å². The first-order chi connectivity index (χ1) is 8.81. The molecule has 1 heterocycles. The third kappa shape index (κ3) is 3.96. The smallest absolute Gasteiger partial charge is 0.161 e. The predicted molar refractivity (Wildman–Crippen MR) is 79.2 cm³/mol. The normalized spacial score (nSPS) is 15.3. The Bertz CT molecular complexity index is 393. The number of nitrogens with zero attached hydrogens (tertiary/aromatic N) is 2. The Hall–Kier alpha value is -1.03. The minimum Gasteiger partial charge on any atom is -0.493 e. The molecule has 4 heteroatoms. The van der Waals surface area contributed by atoms with Gasteiger partial charge in [-0.2, -0.15) is 5.10 Å². The number of hydrogen-bond acceptors (Lipinski definition) is 3. The maximum absolute atomic E-state index is 6.40. The molecule has 2 N–H and O–H groups in total. The first-order valence-corrected chi connectivity index (χ1v) is 7.16. The van der Waals surface area contributed by atoms with Crippen molar-refractivity contribution in [1.29, 1.82) is 0 Å². The van der Waals surface area contributed by atoms with Gasteiger partial charge in [0, 0.05) is 6.54 Å². The van der Waals surface area contributed by atoms with Crippen LogP contribution in [-0.4, -0.2) is 16.9 Å². The van der Waals surface area contributed by atoms with E-state index in [9.17, 15) is 0 Å². The summed E-state index contributed by atoms with van der Waals surface area (Å²) in [6.07, 6.45) is 3.75. The van der Waals surface area contributed by atoms with E-state index in [2.05, 4.69) is 39.7 Å². The minimum absolute atomic E-state index is 0.0294. The van der Waals surface area contributed by atoms with E-state index >= 15 is 0 Å². The Morgan fingerprint density at radius 2 is 2.05 bits per heavy atom. The van der Waals surface area contributed by atoms with Crippen LogP contribution in [0, 0.1) is 11.3 Å². The minimum atomic E-state index is -0.0294. The van der Waals surface area contributed by atoms with Gasteiger partial charge in [-0.25, -0.2) is 0 Å². The molecule has 0 aliphatic heterocycles. The number of hydrogen-bond donors (Lipinski definition) is 1. The van der Waals surface area contributed by atoms with Crippen molar-refractivity contribution in [1.82, 2.24) is 9.78 Å². The molecule has 1 rings (SSSR count). The highest BCUT2D eigenvalue weighted by atomic mass is 16.5. The van der Waals surface area contributed by atoms with E-state index in [4.69, 9.17) is 10.5 Å². The molecule has 2 atom stereocenters. The maximum atomic E-state index is 6.40. The van der Waals surface area contributed by atoms with E-state index in [-0.39, 0.29) is 11.5 Å². The Morgan fingerprint density at radius 1 is 1.42 bits per heavy atom. The summed E-state index contributed by atoms with van der Waals surface area (Å²) in [5.41, 5.74) is 7.70. The van der Waals surface area contributed by atoms with Crippen molar-refractivity contribution in [2.45, 2.75) is 60.0 Å². The van der Waals surface area contributed by atoms with E-state index in [1.807, 2.05) is 4.68 Å². The van der Waals surface area contributed by atoms with Gasteiger partial charge in [0.25, 0.3) is 0 Å². The molecule has 0 saturated carbocycles. The molecule has 0 aromatic carbocycles. The van der Waals surface area contributed by atoms with Crippen LogP contribution in [0.4, 0.5) is 0 Å². The van der Waals surface area contributed by atoms with Crippen molar-refractivity contribution >= 4 is 0 Å². The summed E-state index contributed by atoms with van der Waals surface area (Å²) in [4.78, 5) is 0. The second-order valence-electron chi connectivity index (χ2n) is 6.43. The summed E-state index contributed by atoms with van der Waals surface area (Å²) in [7, 11) is 1.68. The highest BCUT2D eigenvalue weighted by Gasteiger charge is 2.26. The van der Waals surface area contributed by atoms with Crippen LogP contribution in [0.1, 0.15) is 59.2 Å². The van der Waals surface area contributed by atoms with E-state index in [1.54, 1.807) is 13.3 Å². The summed E-state index contributed by atoms with van der Waals surface area (Å²) in [5, 5.41) is 4.38. The summed E-state index contributed by atoms with van der Waals surface area (Å²) >= 11 is 0. The number of ether oxygens (including phenoxy) is 1. The van der Waals surface area contributed by atoms with E-state index in [0.29, 0.717) is 5.92 Å². The molecule has 1 aromatic rings. The van der Waals surface area contributed by atoms with Crippen molar-refractivity contribution < 1.29 is 4.74 Å². The van der Waals surface area contributed by atoms with Gasteiger partial charge >= 0.3 is 0 Å². The van der Waals surface area contributed by atoms with Gasteiger partial charge in [-0.3, -0.25) is 4.68 Å². The van der Waals surface area contributed by atoms with Crippen LogP contribution < -0.4 is 10.5 Å². The lowest BCUT2D eigenvalue weighted by atomic mass is 9.78. The van der Waals surface area contributed by atoms with Gasteiger partial charge in [-0.15, -0.1) is 0 Å². The summed E-state index contributed by atoms with van der Waals surface area (Å²) < 4.78 is 7.38. The first-order valence-electron chi connectivity index (χ1n) is 7.16. The summed E-state index contributed by atoms with van der Waals surface area (Å²) in [6.45, 7) is 12.0. The fourth-order valence-corrected chi connectivity index (χ4v) is 2.15. The van der Waals surface area contributed by atoms with Crippen molar-refractivity contribution in [3.05, 3.63) is 11.9 Å². The number of aryl methyl sites for hydroxylation is 1. The molecule has 0 fully saturated rings. The van der Waals surface area contributed by atoms with Gasteiger partial charge in [0.1, 0.15) is 0 Å². The van der Waals surface area contributed by atoms with Crippen LogP contribution in [0.5, 0.6) is 5.75 Å². The third-order valence-corrected chi connectivity index (χ3v) is 3.94. The second-order valence-corrected chi connectivity index (χ2v) is 6.43. The molecule has 19 heavy (non-hydrogen) atoms. The summed E-state index contributed by atoms with van der Waals surface area (Å²) in [5.74, 6) is 1.35. The maximum Gasteiger partial charge on any atom is 0.161 e. The fourth-order valence-electron chi connectivity index (χ4n) is 2.15. The highest BCUT2D eigenvalue weighted by molar-refractivity contribution is 5.28. The molecular formula is C15H29N3O. The second kappa shape index (κ2) is 6.42. The molecule has 0 saturated heterocycles. The van der Waals surface area contributed by atoms with Gasteiger partial charge < -0.3 is 10.5 Å². The van der Waals surface area contributed by atoms with Crippen LogP contribution in [0.3, 0.4) is 0 Å². The van der Waals surface area contributed by atoms with Gasteiger partial charge in [0.05, 0.1) is 25.0 Å². The Balaban J connectivity index is 2.91. The molecule has 0 bridgehead atoms. The van der Waals surface area contributed by atoms with E-state index < -0.39 is 0 Å². The number of rotatable bonds is 6. The molecule has 0 aliphatic carbocycles. The van der Waals surface area contributed by atoms with Crippen molar-refractivity contribution in [3.8, 4) is 5.75 Å². The Kier molecular flexibility index (Phi) is 5.41. The predicted octanol–water partition coefficient (Wildman–Crippen LogP) is 3.37. The van der Waals surface area contributed by atoms with Gasteiger partial charge in [0.15, 0.2) is 5.75 Å². The lowest BCUT2D eigenvalue weighted by Gasteiger charge is -2.29. The number of methoxy groups -OCH3 is 1. The molecule has 0 amide bonds. The number of aromatic nitrogens is 2. The lowest BCUT2D eigenvalue weighted by molar-refractivity contribution is 0.230. The van der Waals surface area contributed by atoms with Crippen LogP contribution in [-0.2, 0) is 6.54 Å². The monoisotopic (exact) mass is 267 g/mol. The fraction of sp³-hybridized carbons (Fsp3) is 0.800. The molecule has 0 aliphatic rings. The van der Waals surface area contributed by atoms with Crippen LogP contribution >= 0.6 is 0 Å². The SMILES string of the molecule is CCCn1ncc(OC)c1C(N)CC(C)C(C)(C)C. The molecule has 0 spiro atoms. The highest BCUT2D eigenvalue weighted by Crippen LogP contribution is 2.34. The van der Waals surface area contributed by atoms with Crippen LogP contribution in [0.2, 0.25) is 0 Å². The van der Waals surface area contributed by atoms with Crippen LogP contribution in [0.15, 0.2) is 6.20 Å². The summed E-state index contributed by atoms with van der Waals surface area (Å²) in [6, 6.07) is -0.0294. The average Bonchev–Trinajstić information content (AvgIpc) is 2.71. The topological polar surface area (TPSA) is 53.1 Å². The average molecular weight is 267 g/mol. The Morgan fingerprint density at radius 3 is 2.53 bits per heavy atom. The zero-order chi connectivity index (χ0) is 14.6. The molecule has 0 radical (unpaired) electrons. The molecule has 4 nitrogen and oxygen atoms in total. The van der Waals surface area contributed by atoms with Crippen molar-refractivity contribution in [3.63, 3.8) is 0 Å². The zero-order valence-electron chi connectivity index (χ0n) is 13.2. The molecule has 110 valence electrons. The molecule has 2 unspecified atom stereocenters. The van der Waals surface area contributed by atoms with Gasteiger partial charge in [-0.05, 0) is 24.2 Å².